The monoisotopic (exact) mass is 276 g/mol. The lowest BCUT2D eigenvalue weighted by Gasteiger charge is -2.30. The molecule has 4 heteroatoms. The number of para-hydroxylation sites is 2. The molecule has 110 valence electrons. The van der Waals surface area contributed by atoms with Gasteiger partial charge in [-0.25, -0.2) is 0 Å². The van der Waals surface area contributed by atoms with Crippen LogP contribution in [0.4, 0.5) is 11.4 Å². The largest absolute Gasteiger partial charge is 0.481 e. The van der Waals surface area contributed by atoms with Gasteiger partial charge < -0.3 is 14.9 Å². The van der Waals surface area contributed by atoms with Crippen LogP contribution in [0.25, 0.3) is 0 Å². The molecule has 1 N–H and O–H groups in total. The van der Waals surface area contributed by atoms with E-state index in [2.05, 4.69) is 48.0 Å². The number of carboxylic acids is 1. The van der Waals surface area contributed by atoms with Gasteiger partial charge in [0.1, 0.15) is 0 Å². The van der Waals surface area contributed by atoms with Crippen LogP contribution >= 0.6 is 0 Å². The summed E-state index contributed by atoms with van der Waals surface area (Å²) in [5.41, 5.74) is 2.55. The minimum atomic E-state index is -0.700. The molecule has 1 aromatic carbocycles. The van der Waals surface area contributed by atoms with E-state index in [0.717, 1.165) is 32.4 Å². The third-order valence-electron chi connectivity index (χ3n) is 4.06. The fourth-order valence-electron chi connectivity index (χ4n) is 2.82. The second-order valence-electron chi connectivity index (χ2n) is 5.59. The molecule has 0 radical (unpaired) electrons. The van der Waals surface area contributed by atoms with E-state index in [1.807, 2.05) is 0 Å². The quantitative estimate of drug-likeness (QED) is 0.840. The number of rotatable bonds is 5. The Morgan fingerprint density at radius 3 is 2.70 bits per heavy atom. The number of aliphatic carboxylic acids is 1. The number of unbranched alkanes of at least 4 members (excludes halogenated alkanes) is 1. The number of benzene rings is 1. The zero-order chi connectivity index (χ0) is 14.5. The van der Waals surface area contributed by atoms with E-state index in [0.29, 0.717) is 6.04 Å². The Hall–Kier alpha value is -1.71. The Bertz CT molecular complexity index is 462. The highest BCUT2D eigenvalue weighted by Crippen LogP contribution is 2.33. The summed E-state index contributed by atoms with van der Waals surface area (Å²) < 4.78 is 0. The lowest BCUT2D eigenvalue weighted by molar-refractivity contribution is -0.137. The standard InChI is InChI=1S/C16H24N2O2/c1-13-10-12-17(2)14-7-3-4-8-15(14)18(13)11-6-5-9-16(19)20/h3-4,7-8,13H,5-6,9-12H2,1-2H3,(H,19,20). The number of carboxylic acid groups (broad SMARTS) is 1. The van der Waals surface area contributed by atoms with Gasteiger partial charge in [0.25, 0.3) is 0 Å². The van der Waals surface area contributed by atoms with Crippen LogP contribution in [0.5, 0.6) is 0 Å². The Labute approximate surface area is 121 Å². The zero-order valence-electron chi connectivity index (χ0n) is 12.4. The van der Waals surface area contributed by atoms with Crippen LogP contribution in [0.2, 0.25) is 0 Å². The van der Waals surface area contributed by atoms with Crippen LogP contribution in [0.3, 0.4) is 0 Å². The minimum Gasteiger partial charge on any atom is -0.481 e. The average molecular weight is 276 g/mol. The third kappa shape index (κ3) is 3.44. The SMILES string of the molecule is CC1CCN(C)c2ccccc2N1CCCCC(=O)O. The van der Waals surface area contributed by atoms with Crippen molar-refractivity contribution >= 4 is 17.3 Å². The number of hydrogen-bond acceptors (Lipinski definition) is 3. The van der Waals surface area contributed by atoms with Gasteiger partial charge in [0.2, 0.25) is 0 Å². The lowest BCUT2D eigenvalue weighted by Crippen LogP contribution is -2.33. The van der Waals surface area contributed by atoms with Gasteiger partial charge >= 0.3 is 5.97 Å². The number of nitrogens with zero attached hydrogens (tertiary/aromatic N) is 2. The van der Waals surface area contributed by atoms with Crippen LogP contribution in [-0.2, 0) is 4.79 Å². The van der Waals surface area contributed by atoms with Gasteiger partial charge in [0.15, 0.2) is 0 Å². The Balaban J connectivity index is 2.09. The van der Waals surface area contributed by atoms with Gasteiger partial charge in [0.05, 0.1) is 11.4 Å². The van der Waals surface area contributed by atoms with E-state index in [-0.39, 0.29) is 6.42 Å². The van der Waals surface area contributed by atoms with Crippen molar-refractivity contribution in [1.29, 1.82) is 0 Å². The van der Waals surface area contributed by atoms with Crippen molar-refractivity contribution in [3.05, 3.63) is 24.3 Å². The first-order valence-electron chi connectivity index (χ1n) is 7.38. The molecule has 1 aliphatic heterocycles. The fourth-order valence-corrected chi connectivity index (χ4v) is 2.82. The molecule has 0 aliphatic carbocycles. The lowest BCUT2D eigenvalue weighted by atomic mass is 10.1. The molecule has 2 rings (SSSR count). The van der Waals surface area contributed by atoms with Crippen molar-refractivity contribution in [3.63, 3.8) is 0 Å². The van der Waals surface area contributed by atoms with E-state index in [1.54, 1.807) is 0 Å². The first-order valence-corrected chi connectivity index (χ1v) is 7.38. The summed E-state index contributed by atoms with van der Waals surface area (Å²) >= 11 is 0. The van der Waals surface area contributed by atoms with Gasteiger partial charge in [-0.3, -0.25) is 4.79 Å². The Morgan fingerprint density at radius 1 is 1.30 bits per heavy atom. The van der Waals surface area contributed by atoms with Gasteiger partial charge in [-0.1, -0.05) is 12.1 Å². The summed E-state index contributed by atoms with van der Waals surface area (Å²) in [5, 5.41) is 8.72. The normalized spacial score (nSPS) is 18.6. The van der Waals surface area contributed by atoms with Crippen molar-refractivity contribution in [2.24, 2.45) is 0 Å². The predicted octanol–water partition coefficient (Wildman–Crippen LogP) is 2.98. The van der Waals surface area contributed by atoms with Crippen LogP contribution in [0.15, 0.2) is 24.3 Å². The Kier molecular flexibility index (Phi) is 4.88. The van der Waals surface area contributed by atoms with E-state index >= 15 is 0 Å². The number of hydrogen-bond donors (Lipinski definition) is 1. The smallest absolute Gasteiger partial charge is 0.303 e. The second-order valence-corrected chi connectivity index (χ2v) is 5.59. The highest BCUT2D eigenvalue weighted by molar-refractivity contribution is 5.72. The molecule has 0 fully saturated rings. The van der Waals surface area contributed by atoms with Crippen molar-refractivity contribution in [2.45, 2.75) is 38.6 Å². The summed E-state index contributed by atoms with van der Waals surface area (Å²) in [6, 6.07) is 8.98. The van der Waals surface area contributed by atoms with Gasteiger partial charge in [0, 0.05) is 32.6 Å². The maximum Gasteiger partial charge on any atom is 0.303 e. The summed E-state index contributed by atoms with van der Waals surface area (Å²) in [5.74, 6) is -0.700. The number of anilines is 2. The first kappa shape index (κ1) is 14.7. The topological polar surface area (TPSA) is 43.8 Å². The molecule has 0 aromatic heterocycles. The van der Waals surface area contributed by atoms with Crippen molar-refractivity contribution in [3.8, 4) is 0 Å². The predicted molar refractivity (Wildman–Crippen MR) is 82.6 cm³/mol. The maximum atomic E-state index is 10.6. The zero-order valence-corrected chi connectivity index (χ0v) is 12.4. The van der Waals surface area contributed by atoms with Crippen LogP contribution < -0.4 is 9.80 Å². The molecule has 1 aromatic rings. The highest BCUT2D eigenvalue weighted by Gasteiger charge is 2.22. The molecule has 20 heavy (non-hydrogen) atoms. The highest BCUT2D eigenvalue weighted by atomic mass is 16.4. The van der Waals surface area contributed by atoms with E-state index in [4.69, 9.17) is 5.11 Å². The molecule has 1 unspecified atom stereocenters. The molecular weight excluding hydrogens is 252 g/mol. The van der Waals surface area contributed by atoms with Gasteiger partial charge in [-0.15, -0.1) is 0 Å². The number of fused-ring (bicyclic) bond motifs is 1. The third-order valence-corrected chi connectivity index (χ3v) is 4.06. The molecule has 0 saturated carbocycles. The Morgan fingerprint density at radius 2 is 2.00 bits per heavy atom. The summed E-state index contributed by atoms with van der Waals surface area (Å²) in [7, 11) is 2.14. The fraction of sp³-hybridized carbons (Fsp3) is 0.562. The van der Waals surface area contributed by atoms with Gasteiger partial charge in [-0.2, -0.15) is 0 Å². The number of carbonyl (C=O) groups is 1. The molecule has 4 nitrogen and oxygen atoms in total. The second kappa shape index (κ2) is 6.64. The van der Waals surface area contributed by atoms with Crippen LogP contribution in [-0.4, -0.2) is 37.3 Å². The molecule has 0 bridgehead atoms. The molecule has 1 heterocycles. The van der Waals surface area contributed by atoms with Crippen molar-refractivity contribution in [1.82, 2.24) is 0 Å². The van der Waals surface area contributed by atoms with Crippen molar-refractivity contribution in [2.75, 3.05) is 29.9 Å². The molecular formula is C16H24N2O2. The van der Waals surface area contributed by atoms with E-state index in [1.165, 1.54) is 11.4 Å². The summed E-state index contributed by atoms with van der Waals surface area (Å²) in [6.45, 7) is 4.25. The van der Waals surface area contributed by atoms with Crippen LogP contribution in [0, 0.1) is 0 Å². The molecule has 0 amide bonds. The molecule has 1 aliphatic rings. The maximum absolute atomic E-state index is 10.6. The average Bonchev–Trinajstić information content (AvgIpc) is 2.55. The molecule has 0 saturated heterocycles. The molecule has 0 spiro atoms. The van der Waals surface area contributed by atoms with Gasteiger partial charge in [-0.05, 0) is 38.3 Å². The van der Waals surface area contributed by atoms with E-state index < -0.39 is 5.97 Å². The van der Waals surface area contributed by atoms with E-state index in [9.17, 15) is 4.79 Å². The summed E-state index contributed by atoms with van der Waals surface area (Å²) in [6.07, 6.45) is 3.07. The van der Waals surface area contributed by atoms with Crippen molar-refractivity contribution < 1.29 is 9.90 Å². The molecule has 1 atom stereocenters. The van der Waals surface area contributed by atoms with Crippen LogP contribution in [0.1, 0.15) is 32.6 Å². The first-order chi connectivity index (χ1) is 9.59. The summed E-state index contributed by atoms with van der Waals surface area (Å²) in [4.78, 5) is 15.3. The minimum absolute atomic E-state index is 0.268.